The summed E-state index contributed by atoms with van der Waals surface area (Å²) in [7, 11) is 1.99. The van der Waals surface area contributed by atoms with Crippen LogP contribution in [0, 0.1) is 13.8 Å². The van der Waals surface area contributed by atoms with Crippen molar-refractivity contribution in [1.29, 1.82) is 0 Å². The molecule has 1 aliphatic rings. The van der Waals surface area contributed by atoms with E-state index in [-0.39, 0.29) is 24.9 Å². The third-order valence-corrected chi connectivity index (χ3v) is 5.78. The third kappa shape index (κ3) is 5.21. The molecule has 1 aliphatic heterocycles. The highest BCUT2D eigenvalue weighted by atomic mass is 16.2. The first kappa shape index (κ1) is 21.9. The number of carbonyl (C=O) groups excluding carboxylic acids is 2. The van der Waals surface area contributed by atoms with E-state index in [1.807, 2.05) is 11.9 Å². The minimum atomic E-state index is -0.144. The maximum atomic E-state index is 12.8. The zero-order valence-electron chi connectivity index (χ0n) is 18.5. The Morgan fingerprint density at radius 1 is 1.20 bits per heavy atom. The molecule has 3 rings (SSSR count). The van der Waals surface area contributed by atoms with Crippen LogP contribution in [0.5, 0.6) is 0 Å². The molecule has 1 aromatic heterocycles. The van der Waals surface area contributed by atoms with Crippen molar-refractivity contribution in [3.05, 3.63) is 40.7 Å². The van der Waals surface area contributed by atoms with E-state index in [2.05, 4.69) is 66.3 Å². The van der Waals surface area contributed by atoms with Gasteiger partial charge in [0.2, 0.25) is 11.8 Å². The molecule has 0 atom stereocenters. The van der Waals surface area contributed by atoms with E-state index in [1.54, 1.807) is 4.90 Å². The van der Waals surface area contributed by atoms with E-state index in [4.69, 9.17) is 0 Å². The van der Waals surface area contributed by atoms with Crippen molar-refractivity contribution in [3.63, 3.8) is 0 Å². The summed E-state index contributed by atoms with van der Waals surface area (Å²) in [5.74, 6) is 0.457. The maximum Gasteiger partial charge on any atom is 0.244 e. The normalized spacial score (nSPS) is 14.8. The van der Waals surface area contributed by atoms with Crippen molar-refractivity contribution < 1.29 is 9.59 Å². The fraction of sp³-hybridized carbons (Fsp3) is 0.571. The molecule has 9 heteroatoms. The van der Waals surface area contributed by atoms with Gasteiger partial charge in [0.15, 0.2) is 5.82 Å². The summed E-state index contributed by atoms with van der Waals surface area (Å²) in [6.45, 7) is 10.6. The van der Waals surface area contributed by atoms with Gasteiger partial charge in [0.25, 0.3) is 0 Å². The molecule has 162 valence electrons. The van der Waals surface area contributed by atoms with Gasteiger partial charge in [-0.2, -0.15) is 0 Å². The summed E-state index contributed by atoms with van der Waals surface area (Å²) < 4.78 is 1.52. The molecule has 30 heavy (non-hydrogen) atoms. The standard InChI is InChI=1S/C21H31N7O2/c1-15(2)25(5)12-19-22-23-24-28(19)14-21(30)27-9-8-26(20(29)13-27)11-18-7-6-16(3)17(4)10-18/h6-7,10,15H,8-9,11-14H2,1-5H3. The second kappa shape index (κ2) is 9.34. The number of amides is 2. The number of piperazine rings is 1. The molecule has 0 saturated carbocycles. The van der Waals surface area contributed by atoms with Gasteiger partial charge in [-0.3, -0.25) is 14.5 Å². The summed E-state index contributed by atoms with van der Waals surface area (Å²) >= 11 is 0. The topological polar surface area (TPSA) is 87.5 Å². The van der Waals surface area contributed by atoms with E-state index < -0.39 is 0 Å². The van der Waals surface area contributed by atoms with E-state index in [0.29, 0.717) is 38.0 Å². The van der Waals surface area contributed by atoms with Gasteiger partial charge in [-0.05, 0) is 61.9 Å². The lowest BCUT2D eigenvalue weighted by Crippen LogP contribution is -2.52. The van der Waals surface area contributed by atoms with Crippen molar-refractivity contribution in [3.8, 4) is 0 Å². The van der Waals surface area contributed by atoms with Gasteiger partial charge in [-0.25, -0.2) is 4.68 Å². The number of benzene rings is 1. The molecule has 2 amide bonds. The van der Waals surface area contributed by atoms with E-state index in [9.17, 15) is 9.59 Å². The zero-order chi connectivity index (χ0) is 21.8. The van der Waals surface area contributed by atoms with Gasteiger partial charge in [0.1, 0.15) is 6.54 Å². The van der Waals surface area contributed by atoms with Crippen molar-refractivity contribution in [2.45, 2.75) is 53.4 Å². The SMILES string of the molecule is Cc1ccc(CN2CCN(C(=O)Cn3nnnc3CN(C)C(C)C)CC2=O)cc1C. The van der Waals surface area contributed by atoms with Crippen molar-refractivity contribution in [2.75, 3.05) is 26.7 Å². The van der Waals surface area contributed by atoms with Gasteiger partial charge in [-0.15, -0.1) is 5.10 Å². The number of hydrogen-bond donors (Lipinski definition) is 0. The summed E-state index contributed by atoms with van der Waals surface area (Å²) in [5, 5.41) is 11.7. The van der Waals surface area contributed by atoms with Gasteiger partial charge in [0, 0.05) is 25.7 Å². The molecular weight excluding hydrogens is 382 g/mol. The molecule has 0 N–H and O–H groups in total. The summed E-state index contributed by atoms with van der Waals surface area (Å²) in [6.07, 6.45) is 0. The number of rotatable bonds is 7. The lowest BCUT2D eigenvalue weighted by Gasteiger charge is -2.34. The lowest BCUT2D eigenvalue weighted by atomic mass is 10.1. The fourth-order valence-electron chi connectivity index (χ4n) is 3.30. The molecule has 9 nitrogen and oxygen atoms in total. The minimum absolute atomic E-state index is 0.0377. The second-order valence-corrected chi connectivity index (χ2v) is 8.31. The molecular formula is C21H31N7O2. The maximum absolute atomic E-state index is 12.8. The van der Waals surface area contributed by atoms with Gasteiger partial charge in [0.05, 0.1) is 13.1 Å². The molecule has 1 fully saturated rings. The molecule has 0 radical (unpaired) electrons. The zero-order valence-corrected chi connectivity index (χ0v) is 18.5. The Morgan fingerprint density at radius 3 is 2.63 bits per heavy atom. The predicted octanol–water partition coefficient (Wildman–Crippen LogP) is 1.00. The van der Waals surface area contributed by atoms with Crippen LogP contribution in [0.3, 0.4) is 0 Å². The molecule has 1 aromatic carbocycles. The average molecular weight is 414 g/mol. The first-order chi connectivity index (χ1) is 14.2. The average Bonchev–Trinajstić information content (AvgIpc) is 3.12. The molecule has 1 saturated heterocycles. The van der Waals surface area contributed by atoms with Crippen molar-refractivity contribution >= 4 is 11.8 Å². The number of hydrogen-bond acceptors (Lipinski definition) is 6. The third-order valence-electron chi connectivity index (χ3n) is 5.78. The lowest BCUT2D eigenvalue weighted by molar-refractivity contribution is -0.146. The fourth-order valence-corrected chi connectivity index (χ4v) is 3.30. The van der Waals surface area contributed by atoms with Crippen LogP contribution in [-0.4, -0.2) is 79.4 Å². The first-order valence-electron chi connectivity index (χ1n) is 10.3. The summed E-state index contributed by atoms with van der Waals surface area (Å²) in [5.41, 5.74) is 3.56. The number of nitrogens with zero attached hydrogens (tertiary/aromatic N) is 7. The van der Waals surface area contributed by atoms with Crippen LogP contribution in [0.25, 0.3) is 0 Å². The molecule has 0 bridgehead atoms. The van der Waals surface area contributed by atoms with Crippen LogP contribution in [0.15, 0.2) is 18.2 Å². The highest BCUT2D eigenvalue weighted by Gasteiger charge is 2.28. The molecule has 2 heterocycles. The van der Waals surface area contributed by atoms with Crippen LogP contribution in [0.2, 0.25) is 0 Å². The minimum Gasteiger partial charge on any atom is -0.335 e. The van der Waals surface area contributed by atoms with Crippen LogP contribution < -0.4 is 0 Å². The number of aromatic nitrogens is 4. The Hall–Kier alpha value is -2.81. The van der Waals surface area contributed by atoms with Crippen LogP contribution in [0.4, 0.5) is 0 Å². The highest BCUT2D eigenvalue weighted by Crippen LogP contribution is 2.14. The Bertz CT molecular complexity index is 909. The Morgan fingerprint density at radius 2 is 1.97 bits per heavy atom. The van der Waals surface area contributed by atoms with Crippen LogP contribution in [-0.2, 0) is 29.2 Å². The summed E-state index contributed by atoms with van der Waals surface area (Å²) in [4.78, 5) is 30.9. The molecule has 0 spiro atoms. The van der Waals surface area contributed by atoms with Crippen molar-refractivity contribution in [1.82, 2.24) is 34.9 Å². The van der Waals surface area contributed by atoms with E-state index in [1.165, 1.54) is 15.8 Å². The number of carbonyl (C=O) groups is 2. The monoisotopic (exact) mass is 413 g/mol. The second-order valence-electron chi connectivity index (χ2n) is 8.31. The molecule has 2 aromatic rings. The highest BCUT2D eigenvalue weighted by molar-refractivity contribution is 5.86. The van der Waals surface area contributed by atoms with Crippen molar-refractivity contribution in [2.24, 2.45) is 0 Å². The van der Waals surface area contributed by atoms with Crippen LogP contribution >= 0.6 is 0 Å². The van der Waals surface area contributed by atoms with Gasteiger partial charge >= 0.3 is 0 Å². The van der Waals surface area contributed by atoms with E-state index >= 15 is 0 Å². The predicted molar refractivity (Wildman–Crippen MR) is 112 cm³/mol. The Balaban J connectivity index is 1.56. The smallest absolute Gasteiger partial charge is 0.244 e. The number of aryl methyl sites for hydroxylation is 2. The quantitative estimate of drug-likeness (QED) is 0.673. The molecule has 0 unspecified atom stereocenters. The van der Waals surface area contributed by atoms with Gasteiger partial charge in [-0.1, -0.05) is 18.2 Å². The largest absolute Gasteiger partial charge is 0.335 e. The Labute approximate surface area is 177 Å². The van der Waals surface area contributed by atoms with Gasteiger partial charge < -0.3 is 9.80 Å². The molecule has 0 aliphatic carbocycles. The summed E-state index contributed by atoms with van der Waals surface area (Å²) in [6, 6.07) is 6.60. The number of tetrazole rings is 1. The van der Waals surface area contributed by atoms with E-state index in [0.717, 1.165) is 5.56 Å². The first-order valence-corrected chi connectivity index (χ1v) is 10.3. The van der Waals surface area contributed by atoms with Crippen LogP contribution in [0.1, 0.15) is 36.4 Å². The Kier molecular flexibility index (Phi) is 6.81.